The average Bonchev–Trinajstić information content (AvgIpc) is 2.94. The quantitative estimate of drug-likeness (QED) is 0.768. The molecule has 0 bridgehead atoms. The van der Waals surface area contributed by atoms with E-state index >= 15 is 0 Å². The molecule has 2 aromatic rings. The van der Waals surface area contributed by atoms with Gasteiger partial charge in [-0.05, 0) is 49.2 Å². The number of alkyl halides is 3. The van der Waals surface area contributed by atoms with Gasteiger partial charge in [-0.15, -0.1) is 11.3 Å². The minimum absolute atomic E-state index is 0.319. The van der Waals surface area contributed by atoms with Crippen LogP contribution in [0.3, 0.4) is 0 Å². The minimum Gasteiger partial charge on any atom is -0.321 e. The van der Waals surface area contributed by atoms with Crippen molar-refractivity contribution in [2.24, 2.45) is 0 Å². The standard InChI is InChI=1S/C16H17F3N2O3S2/c1-3-11-8-14(25-10(11)2)15(22)21-12-4-6-13(7-5-12)26(23,24)20-9-16(17,18)19/h4-8,20H,3,9H2,1-2H3,(H,21,22). The number of anilines is 1. The zero-order valence-corrected chi connectivity index (χ0v) is 15.6. The van der Waals surface area contributed by atoms with E-state index < -0.39 is 22.7 Å². The Hall–Kier alpha value is -1.91. The first kappa shape index (κ1) is 20.4. The number of hydrogen-bond donors (Lipinski definition) is 2. The third kappa shape index (κ3) is 5.29. The molecule has 2 N–H and O–H groups in total. The van der Waals surface area contributed by atoms with E-state index in [4.69, 9.17) is 0 Å². The van der Waals surface area contributed by atoms with E-state index in [-0.39, 0.29) is 10.8 Å². The van der Waals surface area contributed by atoms with Crippen LogP contribution in [0.1, 0.15) is 27.0 Å². The van der Waals surface area contributed by atoms with Crippen molar-refractivity contribution in [3.63, 3.8) is 0 Å². The van der Waals surface area contributed by atoms with Crippen molar-refractivity contribution in [3.8, 4) is 0 Å². The van der Waals surface area contributed by atoms with Gasteiger partial charge in [0.15, 0.2) is 0 Å². The number of thiophene rings is 1. The van der Waals surface area contributed by atoms with Gasteiger partial charge < -0.3 is 5.32 Å². The van der Waals surface area contributed by atoms with Gasteiger partial charge in [0.05, 0.1) is 9.77 Å². The average molecular weight is 406 g/mol. The van der Waals surface area contributed by atoms with Gasteiger partial charge in [0.1, 0.15) is 6.54 Å². The van der Waals surface area contributed by atoms with E-state index in [9.17, 15) is 26.4 Å². The van der Waals surface area contributed by atoms with Gasteiger partial charge in [-0.25, -0.2) is 13.1 Å². The fraction of sp³-hybridized carbons (Fsp3) is 0.312. The van der Waals surface area contributed by atoms with Crippen LogP contribution >= 0.6 is 11.3 Å². The second kappa shape index (κ2) is 7.77. The number of carbonyl (C=O) groups is 1. The summed E-state index contributed by atoms with van der Waals surface area (Å²) in [7, 11) is -4.28. The molecule has 0 fully saturated rings. The molecular formula is C16H17F3N2O3S2. The summed E-state index contributed by atoms with van der Waals surface area (Å²) in [6.07, 6.45) is -3.83. The molecule has 0 aliphatic carbocycles. The fourth-order valence-corrected chi connectivity index (χ4v) is 4.18. The molecular weight excluding hydrogens is 389 g/mol. The van der Waals surface area contributed by atoms with Gasteiger partial charge in [0, 0.05) is 10.6 Å². The summed E-state index contributed by atoms with van der Waals surface area (Å²) in [6, 6.07) is 6.70. The highest BCUT2D eigenvalue weighted by atomic mass is 32.2. The molecule has 0 atom stereocenters. The Kier molecular flexibility index (Phi) is 6.09. The van der Waals surface area contributed by atoms with Crippen LogP contribution in [0.2, 0.25) is 0 Å². The summed E-state index contributed by atoms with van der Waals surface area (Å²) in [5.41, 5.74) is 1.42. The van der Waals surface area contributed by atoms with Crippen molar-refractivity contribution < 1.29 is 26.4 Å². The lowest BCUT2D eigenvalue weighted by atomic mass is 10.2. The van der Waals surface area contributed by atoms with E-state index in [2.05, 4.69) is 5.32 Å². The largest absolute Gasteiger partial charge is 0.402 e. The molecule has 10 heteroatoms. The number of nitrogens with one attached hydrogen (secondary N) is 2. The first-order valence-electron chi connectivity index (χ1n) is 7.59. The highest BCUT2D eigenvalue weighted by Crippen LogP contribution is 2.23. The molecule has 0 saturated heterocycles. The number of halogens is 3. The Bertz CT molecular complexity index is 888. The molecule has 1 aromatic carbocycles. The predicted molar refractivity (Wildman–Crippen MR) is 94.1 cm³/mol. The maximum atomic E-state index is 12.2. The first-order valence-corrected chi connectivity index (χ1v) is 9.89. The Morgan fingerprint density at radius 1 is 1.19 bits per heavy atom. The van der Waals surface area contributed by atoms with Crippen molar-refractivity contribution in [1.82, 2.24) is 4.72 Å². The lowest BCUT2D eigenvalue weighted by molar-refractivity contribution is -0.121. The monoisotopic (exact) mass is 406 g/mol. The van der Waals surface area contributed by atoms with E-state index in [1.165, 1.54) is 28.2 Å². The molecule has 0 saturated carbocycles. The molecule has 5 nitrogen and oxygen atoms in total. The van der Waals surface area contributed by atoms with Crippen LogP contribution in [0.4, 0.5) is 18.9 Å². The first-order chi connectivity index (χ1) is 12.0. The number of sulfonamides is 1. The lowest BCUT2D eigenvalue weighted by Gasteiger charge is -2.10. The number of rotatable bonds is 6. The van der Waals surface area contributed by atoms with Crippen molar-refractivity contribution in [2.45, 2.75) is 31.3 Å². The molecule has 0 radical (unpaired) electrons. The molecule has 26 heavy (non-hydrogen) atoms. The fourth-order valence-electron chi connectivity index (χ4n) is 2.15. The van der Waals surface area contributed by atoms with Crippen LogP contribution in [0.15, 0.2) is 35.2 Å². The molecule has 2 rings (SSSR count). The number of carbonyl (C=O) groups excluding carboxylic acids is 1. The lowest BCUT2D eigenvalue weighted by Crippen LogP contribution is -2.33. The minimum atomic E-state index is -4.64. The smallest absolute Gasteiger partial charge is 0.321 e. The van der Waals surface area contributed by atoms with Crippen LogP contribution in [0.25, 0.3) is 0 Å². The molecule has 0 aliphatic heterocycles. The number of aryl methyl sites for hydroxylation is 2. The zero-order valence-electron chi connectivity index (χ0n) is 14.0. The number of amides is 1. The number of benzene rings is 1. The maximum Gasteiger partial charge on any atom is 0.402 e. The Labute approximate surface area is 153 Å². The molecule has 1 heterocycles. The molecule has 0 unspecified atom stereocenters. The third-order valence-corrected chi connectivity index (χ3v) is 6.02. The Balaban J connectivity index is 2.08. The molecule has 1 aromatic heterocycles. The highest BCUT2D eigenvalue weighted by molar-refractivity contribution is 7.89. The topological polar surface area (TPSA) is 75.3 Å². The third-order valence-electron chi connectivity index (χ3n) is 3.51. The Morgan fingerprint density at radius 2 is 1.81 bits per heavy atom. The van der Waals surface area contributed by atoms with Gasteiger partial charge in [0.2, 0.25) is 10.0 Å². The van der Waals surface area contributed by atoms with E-state index in [1.807, 2.05) is 13.8 Å². The molecule has 0 spiro atoms. The van der Waals surface area contributed by atoms with Gasteiger partial charge in [-0.1, -0.05) is 6.92 Å². The summed E-state index contributed by atoms with van der Waals surface area (Å²) >= 11 is 1.36. The van der Waals surface area contributed by atoms with Gasteiger partial charge in [-0.2, -0.15) is 13.2 Å². The maximum absolute atomic E-state index is 12.2. The Morgan fingerprint density at radius 3 is 2.31 bits per heavy atom. The van der Waals surface area contributed by atoms with Crippen LogP contribution in [0.5, 0.6) is 0 Å². The molecule has 142 valence electrons. The SMILES string of the molecule is CCc1cc(C(=O)Nc2ccc(S(=O)(=O)NCC(F)(F)F)cc2)sc1C. The van der Waals surface area contributed by atoms with E-state index in [1.54, 1.807) is 6.07 Å². The van der Waals surface area contributed by atoms with Crippen LogP contribution in [-0.2, 0) is 16.4 Å². The summed E-state index contributed by atoms with van der Waals surface area (Å²) < 4.78 is 61.6. The van der Waals surface area contributed by atoms with E-state index in [0.717, 1.165) is 29.0 Å². The predicted octanol–water partition coefficient (Wildman–Crippen LogP) is 3.71. The van der Waals surface area contributed by atoms with Gasteiger partial charge in [0.25, 0.3) is 5.91 Å². The van der Waals surface area contributed by atoms with Crippen molar-refractivity contribution in [2.75, 3.05) is 11.9 Å². The summed E-state index contributed by atoms with van der Waals surface area (Å²) in [6.45, 7) is 2.27. The molecule has 1 amide bonds. The second-order valence-electron chi connectivity index (χ2n) is 5.46. The van der Waals surface area contributed by atoms with Crippen LogP contribution in [0, 0.1) is 6.92 Å². The zero-order chi connectivity index (χ0) is 19.5. The summed E-state index contributed by atoms with van der Waals surface area (Å²) in [4.78, 5) is 13.5. The van der Waals surface area contributed by atoms with Crippen LogP contribution in [-0.4, -0.2) is 27.0 Å². The second-order valence-corrected chi connectivity index (χ2v) is 8.49. The van der Waals surface area contributed by atoms with Crippen molar-refractivity contribution in [1.29, 1.82) is 0 Å². The van der Waals surface area contributed by atoms with Crippen molar-refractivity contribution in [3.05, 3.63) is 45.6 Å². The van der Waals surface area contributed by atoms with Gasteiger partial charge in [-0.3, -0.25) is 4.79 Å². The van der Waals surface area contributed by atoms with Crippen molar-refractivity contribution >= 4 is 33.0 Å². The van der Waals surface area contributed by atoms with E-state index in [0.29, 0.717) is 10.6 Å². The normalized spacial score (nSPS) is 12.2. The highest BCUT2D eigenvalue weighted by Gasteiger charge is 2.30. The number of hydrogen-bond acceptors (Lipinski definition) is 4. The van der Waals surface area contributed by atoms with Gasteiger partial charge >= 0.3 is 6.18 Å². The molecule has 0 aliphatic rings. The summed E-state index contributed by atoms with van der Waals surface area (Å²) in [5.74, 6) is -0.330. The van der Waals surface area contributed by atoms with Crippen LogP contribution < -0.4 is 10.0 Å². The summed E-state index contributed by atoms with van der Waals surface area (Å²) in [5, 5.41) is 2.63.